The largest absolute Gasteiger partial charge is 0.495 e. The van der Waals surface area contributed by atoms with Crippen LogP contribution in [0, 0.1) is 0 Å². The molecule has 3 aromatic rings. The highest BCUT2D eigenvalue weighted by Crippen LogP contribution is 2.27. The summed E-state index contributed by atoms with van der Waals surface area (Å²) in [6.45, 7) is 0. The fourth-order valence-corrected chi connectivity index (χ4v) is 3.87. The van der Waals surface area contributed by atoms with Gasteiger partial charge < -0.3 is 10.1 Å². The van der Waals surface area contributed by atoms with Crippen LogP contribution in [-0.2, 0) is 11.2 Å². The number of thiazole rings is 1. The number of thiophene rings is 1. The number of amides is 2. The molecule has 2 heterocycles. The highest BCUT2D eigenvalue weighted by Gasteiger charge is 2.11. The van der Waals surface area contributed by atoms with Crippen LogP contribution in [0.15, 0.2) is 41.1 Å². The number of carbonyl (C=O) groups is 2. The first kappa shape index (κ1) is 19.3. The number of hydrogen-bond donors (Lipinski definition) is 2. The van der Waals surface area contributed by atoms with Gasteiger partial charge in [0, 0.05) is 17.5 Å². The van der Waals surface area contributed by atoms with Crippen LogP contribution < -0.4 is 15.4 Å². The van der Waals surface area contributed by atoms with Gasteiger partial charge in [-0.05, 0) is 36.1 Å². The van der Waals surface area contributed by atoms with Crippen LogP contribution >= 0.6 is 34.3 Å². The second-order valence-corrected chi connectivity index (χ2v) is 7.69. The Morgan fingerprint density at radius 1 is 1.22 bits per heavy atom. The van der Waals surface area contributed by atoms with Gasteiger partial charge in [0.05, 0.1) is 22.7 Å². The third-order valence-electron chi connectivity index (χ3n) is 3.56. The van der Waals surface area contributed by atoms with Crippen molar-refractivity contribution in [2.45, 2.75) is 12.8 Å². The first-order valence-corrected chi connectivity index (χ1v) is 10.1. The molecular formula is C18H16ClN3O3S2. The average molecular weight is 422 g/mol. The fraction of sp³-hybridized carbons (Fsp3) is 0.167. The summed E-state index contributed by atoms with van der Waals surface area (Å²) in [6, 6.07) is 8.63. The molecule has 0 bridgehead atoms. The molecular weight excluding hydrogens is 406 g/mol. The van der Waals surface area contributed by atoms with Crippen LogP contribution in [0.2, 0.25) is 5.02 Å². The highest BCUT2D eigenvalue weighted by molar-refractivity contribution is 7.14. The van der Waals surface area contributed by atoms with Crippen molar-refractivity contribution in [3.05, 3.63) is 56.7 Å². The summed E-state index contributed by atoms with van der Waals surface area (Å²) in [7, 11) is 1.53. The Hall–Kier alpha value is -2.42. The molecule has 1 aromatic carbocycles. The lowest BCUT2D eigenvalue weighted by Gasteiger charge is -2.07. The van der Waals surface area contributed by atoms with E-state index in [1.54, 1.807) is 24.3 Å². The molecule has 0 spiro atoms. The van der Waals surface area contributed by atoms with Gasteiger partial charge in [-0.1, -0.05) is 17.7 Å². The molecule has 2 amide bonds. The van der Waals surface area contributed by atoms with Crippen LogP contribution in [0.3, 0.4) is 0 Å². The Morgan fingerprint density at radius 3 is 2.78 bits per heavy atom. The summed E-state index contributed by atoms with van der Waals surface area (Å²) in [6.07, 6.45) is 0.743. The number of hydrogen-bond acceptors (Lipinski definition) is 6. The SMILES string of the molecule is COc1ccc(NC(=O)CCc2csc(NC(=O)c3cccs3)n2)cc1Cl. The zero-order valence-corrected chi connectivity index (χ0v) is 16.7. The molecule has 140 valence electrons. The molecule has 0 atom stereocenters. The second-order valence-electron chi connectivity index (χ2n) is 5.47. The van der Waals surface area contributed by atoms with Gasteiger partial charge in [0.15, 0.2) is 5.13 Å². The molecule has 0 aliphatic carbocycles. The first-order valence-electron chi connectivity index (χ1n) is 7.98. The standard InChI is InChI=1S/C18H16ClN3O3S2/c1-25-14-6-4-11(9-13(14)19)20-16(23)7-5-12-10-27-18(21-12)22-17(24)15-3-2-8-26-15/h2-4,6,8-10H,5,7H2,1H3,(H,20,23)(H,21,22,24). The van der Waals surface area contributed by atoms with Crippen LogP contribution in [0.5, 0.6) is 5.75 Å². The number of nitrogens with one attached hydrogen (secondary N) is 2. The lowest BCUT2D eigenvalue weighted by Crippen LogP contribution is -2.12. The van der Waals surface area contributed by atoms with Crippen molar-refractivity contribution in [1.82, 2.24) is 4.98 Å². The summed E-state index contributed by atoms with van der Waals surface area (Å²) in [4.78, 5) is 29.1. The number of carbonyl (C=O) groups excluding carboxylic acids is 2. The maximum absolute atomic E-state index is 12.1. The van der Waals surface area contributed by atoms with Crippen molar-refractivity contribution in [2.75, 3.05) is 17.7 Å². The minimum absolute atomic E-state index is 0.145. The minimum Gasteiger partial charge on any atom is -0.495 e. The quantitative estimate of drug-likeness (QED) is 0.579. The summed E-state index contributed by atoms with van der Waals surface area (Å²) in [5.74, 6) is 0.225. The van der Waals surface area contributed by atoms with Crippen molar-refractivity contribution >= 4 is 56.9 Å². The van der Waals surface area contributed by atoms with Crippen molar-refractivity contribution in [1.29, 1.82) is 0 Å². The molecule has 2 N–H and O–H groups in total. The Morgan fingerprint density at radius 2 is 2.07 bits per heavy atom. The number of methoxy groups -OCH3 is 1. The predicted molar refractivity (Wildman–Crippen MR) is 109 cm³/mol. The van der Waals surface area contributed by atoms with Crippen molar-refractivity contribution in [2.24, 2.45) is 0 Å². The molecule has 0 aliphatic heterocycles. The van der Waals surface area contributed by atoms with Crippen molar-refractivity contribution in [3.8, 4) is 5.75 Å². The lowest BCUT2D eigenvalue weighted by atomic mass is 10.2. The summed E-state index contributed by atoms with van der Waals surface area (Å²) in [5, 5.41) is 10.2. The molecule has 27 heavy (non-hydrogen) atoms. The Balaban J connectivity index is 1.50. The second kappa shape index (κ2) is 8.98. The van der Waals surface area contributed by atoms with Crippen LogP contribution in [0.4, 0.5) is 10.8 Å². The lowest BCUT2D eigenvalue weighted by molar-refractivity contribution is -0.116. The van der Waals surface area contributed by atoms with E-state index in [1.165, 1.54) is 29.8 Å². The maximum Gasteiger partial charge on any atom is 0.267 e. The van der Waals surface area contributed by atoms with E-state index in [1.807, 2.05) is 16.8 Å². The normalized spacial score (nSPS) is 10.4. The smallest absolute Gasteiger partial charge is 0.267 e. The van der Waals surface area contributed by atoms with Crippen LogP contribution in [0.25, 0.3) is 0 Å². The molecule has 0 saturated carbocycles. The van der Waals surface area contributed by atoms with E-state index >= 15 is 0 Å². The summed E-state index contributed by atoms with van der Waals surface area (Å²) in [5.41, 5.74) is 1.36. The third-order valence-corrected chi connectivity index (χ3v) is 5.53. The molecule has 3 rings (SSSR count). The van der Waals surface area contributed by atoms with E-state index < -0.39 is 0 Å². The number of halogens is 1. The number of anilines is 2. The molecule has 0 unspecified atom stereocenters. The van der Waals surface area contributed by atoms with Crippen LogP contribution in [0.1, 0.15) is 21.8 Å². The first-order chi connectivity index (χ1) is 13.0. The van der Waals surface area contributed by atoms with Crippen molar-refractivity contribution in [3.63, 3.8) is 0 Å². The Bertz CT molecular complexity index is 941. The zero-order valence-electron chi connectivity index (χ0n) is 14.3. The number of aryl methyl sites for hydroxylation is 1. The summed E-state index contributed by atoms with van der Waals surface area (Å²) >= 11 is 8.75. The van der Waals surface area contributed by atoms with Gasteiger partial charge in [0.25, 0.3) is 5.91 Å². The minimum atomic E-state index is -0.181. The number of benzene rings is 1. The summed E-state index contributed by atoms with van der Waals surface area (Å²) < 4.78 is 5.08. The number of rotatable bonds is 7. The molecule has 2 aromatic heterocycles. The van der Waals surface area contributed by atoms with Gasteiger partial charge in [-0.3, -0.25) is 14.9 Å². The van der Waals surface area contributed by atoms with Crippen LogP contribution in [-0.4, -0.2) is 23.9 Å². The fourth-order valence-electron chi connectivity index (χ4n) is 2.25. The predicted octanol–water partition coefficient (Wildman–Crippen LogP) is 4.69. The number of nitrogens with zero attached hydrogens (tertiary/aromatic N) is 1. The Kier molecular flexibility index (Phi) is 6.44. The Labute approximate surface area is 169 Å². The van der Waals surface area contributed by atoms with Gasteiger partial charge in [-0.2, -0.15) is 0 Å². The van der Waals surface area contributed by atoms with E-state index in [-0.39, 0.29) is 18.2 Å². The van der Waals surface area contributed by atoms with Gasteiger partial charge in [-0.15, -0.1) is 22.7 Å². The number of aromatic nitrogens is 1. The topological polar surface area (TPSA) is 80.3 Å². The molecule has 0 radical (unpaired) electrons. The maximum atomic E-state index is 12.1. The van der Waals surface area contributed by atoms with E-state index in [9.17, 15) is 9.59 Å². The zero-order chi connectivity index (χ0) is 19.2. The number of ether oxygens (including phenoxy) is 1. The highest BCUT2D eigenvalue weighted by atomic mass is 35.5. The molecule has 9 heteroatoms. The van der Waals surface area contributed by atoms with Gasteiger partial charge >= 0.3 is 0 Å². The molecule has 0 saturated heterocycles. The van der Waals surface area contributed by atoms with Gasteiger partial charge in [0.2, 0.25) is 5.91 Å². The van der Waals surface area contributed by atoms with E-state index in [4.69, 9.17) is 16.3 Å². The average Bonchev–Trinajstić information content (AvgIpc) is 3.32. The van der Waals surface area contributed by atoms with Crippen molar-refractivity contribution < 1.29 is 14.3 Å². The van der Waals surface area contributed by atoms with Gasteiger partial charge in [-0.25, -0.2) is 4.98 Å². The van der Waals surface area contributed by atoms with E-state index in [0.717, 1.165) is 5.69 Å². The molecule has 6 nitrogen and oxygen atoms in total. The third kappa shape index (κ3) is 5.29. The van der Waals surface area contributed by atoms with E-state index in [0.29, 0.717) is 32.9 Å². The van der Waals surface area contributed by atoms with Gasteiger partial charge in [0.1, 0.15) is 5.75 Å². The monoisotopic (exact) mass is 421 g/mol. The van der Waals surface area contributed by atoms with E-state index in [2.05, 4.69) is 15.6 Å². The molecule has 0 aliphatic rings. The molecule has 0 fully saturated rings.